The maximum absolute atomic E-state index is 13.0. The molecule has 3 heterocycles. The number of benzene rings is 1. The number of rotatable bonds is 4. The summed E-state index contributed by atoms with van der Waals surface area (Å²) in [5.41, 5.74) is 1.18. The molecule has 150 valence electrons. The SMILES string of the molecule is O=C([C@H]1CCCN(S(=O)(=O)c2cccs2)C1)N1CCN(c2ccccc2)CC1. The quantitative estimate of drug-likeness (QED) is 0.764. The molecule has 0 radical (unpaired) electrons. The highest BCUT2D eigenvalue weighted by Gasteiger charge is 2.36. The van der Waals surface area contributed by atoms with Gasteiger partial charge >= 0.3 is 0 Å². The second-order valence-electron chi connectivity index (χ2n) is 7.28. The predicted octanol–water partition coefficient (Wildman–Crippen LogP) is 2.50. The minimum atomic E-state index is -3.49. The molecule has 6 nitrogen and oxygen atoms in total. The number of carbonyl (C=O) groups is 1. The Kier molecular flexibility index (Phi) is 5.70. The van der Waals surface area contributed by atoms with Crippen LogP contribution >= 0.6 is 11.3 Å². The minimum absolute atomic E-state index is 0.0961. The zero-order valence-corrected chi connectivity index (χ0v) is 17.4. The van der Waals surface area contributed by atoms with Gasteiger partial charge in [0, 0.05) is 45.0 Å². The average molecular weight is 420 g/mol. The number of carbonyl (C=O) groups excluding carboxylic acids is 1. The fourth-order valence-electron chi connectivity index (χ4n) is 3.98. The highest BCUT2D eigenvalue weighted by atomic mass is 32.2. The van der Waals surface area contributed by atoms with Crippen LogP contribution < -0.4 is 4.90 Å². The van der Waals surface area contributed by atoms with Crippen LogP contribution in [0.2, 0.25) is 0 Å². The molecule has 1 amide bonds. The van der Waals surface area contributed by atoms with Gasteiger partial charge in [0.15, 0.2) is 0 Å². The van der Waals surface area contributed by atoms with Gasteiger partial charge in [-0.15, -0.1) is 11.3 Å². The average Bonchev–Trinajstić information content (AvgIpc) is 3.30. The van der Waals surface area contributed by atoms with Crippen LogP contribution in [-0.4, -0.2) is 62.8 Å². The standard InChI is InChI=1S/C20H25N3O3S2/c24-20(22-13-11-21(12-14-22)18-7-2-1-3-8-18)17-6-4-10-23(16-17)28(25,26)19-9-5-15-27-19/h1-3,5,7-9,15,17H,4,6,10-14,16H2/t17-/m0/s1. The van der Waals surface area contributed by atoms with Gasteiger partial charge in [0.2, 0.25) is 5.91 Å². The van der Waals surface area contributed by atoms with E-state index in [1.165, 1.54) is 21.3 Å². The molecule has 1 aromatic heterocycles. The Morgan fingerprint density at radius 2 is 1.71 bits per heavy atom. The van der Waals surface area contributed by atoms with Crippen LogP contribution in [-0.2, 0) is 14.8 Å². The van der Waals surface area contributed by atoms with E-state index in [2.05, 4.69) is 17.0 Å². The lowest BCUT2D eigenvalue weighted by Crippen LogP contribution is -2.53. The van der Waals surface area contributed by atoms with Crippen molar-refractivity contribution < 1.29 is 13.2 Å². The molecule has 0 unspecified atom stereocenters. The van der Waals surface area contributed by atoms with Crippen molar-refractivity contribution in [3.05, 3.63) is 47.8 Å². The number of sulfonamides is 1. The van der Waals surface area contributed by atoms with Crippen molar-refractivity contribution in [1.29, 1.82) is 0 Å². The number of thiophene rings is 1. The summed E-state index contributed by atoms with van der Waals surface area (Å²) < 4.78 is 27.4. The zero-order valence-electron chi connectivity index (χ0n) is 15.7. The van der Waals surface area contributed by atoms with E-state index in [-0.39, 0.29) is 18.4 Å². The van der Waals surface area contributed by atoms with Crippen molar-refractivity contribution in [2.45, 2.75) is 17.1 Å². The van der Waals surface area contributed by atoms with Crippen molar-refractivity contribution in [3.8, 4) is 0 Å². The number of piperazine rings is 1. The van der Waals surface area contributed by atoms with Crippen LogP contribution in [0.1, 0.15) is 12.8 Å². The first-order valence-electron chi connectivity index (χ1n) is 9.68. The summed E-state index contributed by atoms with van der Waals surface area (Å²) in [5, 5.41) is 1.77. The number of anilines is 1. The number of amides is 1. The smallest absolute Gasteiger partial charge is 0.252 e. The van der Waals surface area contributed by atoms with E-state index in [9.17, 15) is 13.2 Å². The number of nitrogens with zero attached hydrogens (tertiary/aromatic N) is 3. The molecule has 4 rings (SSSR count). The lowest BCUT2D eigenvalue weighted by molar-refractivity contribution is -0.137. The first-order chi connectivity index (χ1) is 13.6. The first kappa shape index (κ1) is 19.4. The normalized spacial score (nSPS) is 21.6. The van der Waals surface area contributed by atoms with E-state index in [4.69, 9.17) is 0 Å². The molecular formula is C20H25N3O3S2. The molecule has 1 atom stereocenters. The van der Waals surface area contributed by atoms with Crippen LogP contribution in [0.4, 0.5) is 5.69 Å². The molecule has 2 aliphatic heterocycles. The molecule has 2 saturated heterocycles. The maximum Gasteiger partial charge on any atom is 0.252 e. The molecular weight excluding hydrogens is 394 g/mol. The van der Waals surface area contributed by atoms with Gasteiger partial charge in [-0.3, -0.25) is 4.79 Å². The highest BCUT2D eigenvalue weighted by molar-refractivity contribution is 7.91. The summed E-state index contributed by atoms with van der Waals surface area (Å²) >= 11 is 1.23. The van der Waals surface area contributed by atoms with Gasteiger partial charge < -0.3 is 9.80 Å². The van der Waals surface area contributed by atoms with E-state index in [0.29, 0.717) is 23.8 Å². The first-order valence-corrected chi connectivity index (χ1v) is 12.0. The lowest BCUT2D eigenvalue weighted by Gasteiger charge is -2.39. The fraction of sp³-hybridized carbons (Fsp3) is 0.450. The molecule has 2 fully saturated rings. The number of para-hydroxylation sites is 1. The van der Waals surface area contributed by atoms with Crippen LogP contribution in [0.25, 0.3) is 0 Å². The van der Waals surface area contributed by atoms with Gasteiger partial charge in [0.05, 0.1) is 5.92 Å². The minimum Gasteiger partial charge on any atom is -0.368 e. The van der Waals surface area contributed by atoms with Gasteiger partial charge in [0.1, 0.15) is 4.21 Å². The third-order valence-electron chi connectivity index (χ3n) is 5.54. The monoisotopic (exact) mass is 419 g/mol. The van der Waals surface area contributed by atoms with E-state index in [1.54, 1.807) is 17.5 Å². The largest absolute Gasteiger partial charge is 0.368 e. The van der Waals surface area contributed by atoms with Crippen LogP contribution in [0.15, 0.2) is 52.1 Å². The zero-order chi connectivity index (χ0) is 19.6. The van der Waals surface area contributed by atoms with Crippen molar-refractivity contribution in [1.82, 2.24) is 9.21 Å². The van der Waals surface area contributed by atoms with Gasteiger partial charge in [-0.1, -0.05) is 24.3 Å². The molecule has 8 heteroatoms. The second-order valence-corrected chi connectivity index (χ2v) is 10.4. The molecule has 0 aliphatic carbocycles. The molecule has 0 saturated carbocycles. The van der Waals surface area contributed by atoms with Gasteiger partial charge in [-0.2, -0.15) is 4.31 Å². The molecule has 28 heavy (non-hydrogen) atoms. The summed E-state index contributed by atoms with van der Waals surface area (Å²) in [4.78, 5) is 17.2. The molecule has 0 bridgehead atoms. The van der Waals surface area contributed by atoms with E-state index in [1.807, 2.05) is 23.1 Å². The summed E-state index contributed by atoms with van der Waals surface area (Å²) in [6.45, 7) is 3.76. The van der Waals surface area contributed by atoms with Gasteiger partial charge in [0.25, 0.3) is 10.0 Å². The maximum atomic E-state index is 13.0. The summed E-state index contributed by atoms with van der Waals surface area (Å²) in [6.07, 6.45) is 1.49. The van der Waals surface area contributed by atoms with Crippen molar-refractivity contribution in [2.75, 3.05) is 44.2 Å². The third kappa shape index (κ3) is 3.94. The van der Waals surface area contributed by atoms with Crippen LogP contribution in [0.3, 0.4) is 0 Å². The van der Waals surface area contributed by atoms with Crippen molar-refractivity contribution in [2.24, 2.45) is 5.92 Å². The third-order valence-corrected chi connectivity index (χ3v) is 8.77. The Hall–Kier alpha value is -1.90. The summed E-state index contributed by atoms with van der Waals surface area (Å²) in [5.74, 6) is -0.148. The Morgan fingerprint density at radius 1 is 0.964 bits per heavy atom. The number of piperidine rings is 1. The molecule has 2 aromatic rings. The van der Waals surface area contributed by atoms with E-state index in [0.717, 1.165) is 25.9 Å². The van der Waals surface area contributed by atoms with Gasteiger partial charge in [-0.25, -0.2) is 8.42 Å². The number of hydrogen-bond acceptors (Lipinski definition) is 5. The summed E-state index contributed by atoms with van der Waals surface area (Å²) in [7, 11) is -3.49. The molecule has 0 N–H and O–H groups in total. The van der Waals surface area contributed by atoms with Crippen molar-refractivity contribution >= 4 is 33.0 Å². The Bertz CT molecular complexity index is 892. The predicted molar refractivity (Wildman–Crippen MR) is 111 cm³/mol. The van der Waals surface area contributed by atoms with Crippen molar-refractivity contribution in [3.63, 3.8) is 0 Å². The Labute approximate surface area is 170 Å². The highest BCUT2D eigenvalue weighted by Crippen LogP contribution is 2.27. The Morgan fingerprint density at radius 3 is 2.39 bits per heavy atom. The lowest BCUT2D eigenvalue weighted by atomic mass is 9.97. The molecule has 2 aliphatic rings. The summed E-state index contributed by atoms with van der Waals surface area (Å²) in [6, 6.07) is 13.6. The van der Waals surface area contributed by atoms with Crippen LogP contribution in [0.5, 0.6) is 0 Å². The number of hydrogen-bond donors (Lipinski definition) is 0. The molecule has 0 spiro atoms. The van der Waals surface area contributed by atoms with E-state index < -0.39 is 10.0 Å². The van der Waals surface area contributed by atoms with Crippen LogP contribution in [0, 0.1) is 5.92 Å². The second kappa shape index (κ2) is 8.23. The molecule has 1 aromatic carbocycles. The topological polar surface area (TPSA) is 60.9 Å². The van der Waals surface area contributed by atoms with Gasteiger partial charge in [-0.05, 0) is 36.4 Å². The fourth-order valence-corrected chi connectivity index (χ4v) is 6.65. The van der Waals surface area contributed by atoms with E-state index >= 15 is 0 Å². The Balaban J connectivity index is 1.37.